The van der Waals surface area contributed by atoms with Crippen molar-refractivity contribution in [1.29, 1.82) is 0 Å². The topological polar surface area (TPSA) is 53.6 Å². The molecule has 0 radical (unpaired) electrons. The summed E-state index contributed by atoms with van der Waals surface area (Å²) >= 11 is 0. The molecule has 1 aliphatic heterocycles. The highest BCUT2D eigenvalue weighted by Gasteiger charge is 2.18. The van der Waals surface area contributed by atoms with Crippen LogP contribution in [0.5, 0.6) is 0 Å². The van der Waals surface area contributed by atoms with Crippen molar-refractivity contribution in [2.75, 3.05) is 13.1 Å². The Balaban J connectivity index is 1.83. The maximum Gasteiger partial charge on any atom is 0.110 e. The molecule has 0 amide bonds. The summed E-state index contributed by atoms with van der Waals surface area (Å²) in [7, 11) is 0. The van der Waals surface area contributed by atoms with Gasteiger partial charge in [0.2, 0.25) is 0 Å². The van der Waals surface area contributed by atoms with Crippen LogP contribution in [0.4, 0.5) is 0 Å². The molecule has 1 atom stereocenters. The average molecular weight is 228 g/mol. The number of hydrogen-bond acceptors (Lipinski definition) is 3. The van der Waals surface area contributed by atoms with Crippen molar-refractivity contribution in [2.45, 2.75) is 18.8 Å². The first-order chi connectivity index (χ1) is 8.43. The highest BCUT2D eigenvalue weighted by molar-refractivity contribution is 5.56. The summed E-state index contributed by atoms with van der Waals surface area (Å²) in [5.41, 5.74) is 2.15. The number of pyridine rings is 1. The lowest BCUT2D eigenvalue weighted by molar-refractivity contribution is 0.449. The molecular weight excluding hydrogens is 212 g/mol. The monoisotopic (exact) mass is 228 g/mol. The maximum atomic E-state index is 4.49. The molecule has 1 unspecified atom stereocenters. The number of aromatic amines is 1. The summed E-state index contributed by atoms with van der Waals surface area (Å²) in [5, 5.41) is 3.41. The molecule has 3 heterocycles. The fraction of sp³-hybridized carbons (Fsp3) is 0.385. The second-order valence-corrected chi connectivity index (χ2v) is 4.47. The Kier molecular flexibility index (Phi) is 2.88. The van der Waals surface area contributed by atoms with Gasteiger partial charge in [-0.15, -0.1) is 0 Å². The van der Waals surface area contributed by atoms with Gasteiger partial charge >= 0.3 is 0 Å². The van der Waals surface area contributed by atoms with Gasteiger partial charge in [0.1, 0.15) is 5.82 Å². The van der Waals surface area contributed by atoms with Crippen molar-refractivity contribution in [1.82, 2.24) is 20.3 Å². The molecule has 1 saturated heterocycles. The molecule has 3 rings (SSSR count). The van der Waals surface area contributed by atoms with E-state index in [2.05, 4.69) is 20.3 Å². The third-order valence-corrected chi connectivity index (χ3v) is 3.25. The fourth-order valence-electron chi connectivity index (χ4n) is 2.30. The lowest BCUT2D eigenvalue weighted by Crippen LogP contribution is -2.28. The van der Waals surface area contributed by atoms with Crippen LogP contribution < -0.4 is 5.32 Å². The highest BCUT2D eigenvalue weighted by Crippen LogP contribution is 2.23. The first-order valence-electron chi connectivity index (χ1n) is 6.09. The maximum absolute atomic E-state index is 4.49. The average Bonchev–Trinajstić information content (AvgIpc) is 2.90. The van der Waals surface area contributed by atoms with Crippen molar-refractivity contribution >= 4 is 0 Å². The second-order valence-electron chi connectivity index (χ2n) is 4.47. The highest BCUT2D eigenvalue weighted by atomic mass is 15.0. The molecule has 0 aromatic carbocycles. The zero-order chi connectivity index (χ0) is 11.5. The Morgan fingerprint density at radius 2 is 2.29 bits per heavy atom. The summed E-state index contributed by atoms with van der Waals surface area (Å²) in [6.07, 6.45) is 7.99. The van der Waals surface area contributed by atoms with E-state index in [9.17, 15) is 0 Å². The van der Waals surface area contributed by atoms with E-state index in [1.54, 1.807) is 6.20 Å². The molecule has 0 saturated carbocycles. The van der Waals surface area contributed by atoms with Crippen molar-refractivity contribution < 1.29 is 0 Å². The van der Waals surface area contributed by atoms with Crippen molar-refractivity contribution in [2.24, 2.45) is 0 Å². The Morgan fingerprint density at radius 3 is 3.06 bits per heavy atom. The zero-order valence-electron chi connectivity index (χ0n) is 9.69. The number of imidazole rings is 1. The van der Waals surface area contributed by atoms with E-state index in [4.69, 9.17) is 0 Å². The normalized spacial score (nSPS) is 20.4. The van der Waals surface area contributed by atoms with E-state index in [0.29, 0.717) is 5.92 Å². The standard InChI is InChI=1S/C13H16N4/c1-3-10(7-14-5-1)12-9-16-13(17-12)11-4-2-6-15-8-11/h1,3,5,7,9,11,15H,2,4,6,8H2,(H,16,17). The Hall–Kier alpha value is -1.68. The lowest BCUT2D eigenvalue weighted by Gasteiger charge is -2.20. The van der Waals surface area contributed by atoms with Crippen LogP contribution in [0, 0.1) is 0 Å². The molecule has 2 aromatic heterocycles. The smallest absolute Gasteiger partial charge is 0.110 e. The minimum Gasteiger partial charge on any atom is -0.342 e. The van der Waals surface area contributed by atoms with Gasteiger partial charge in [0, 0.05) is 30.4 Å². The largest absolute Gasteiger partial charge is 0.342 e. The molecule has 2 aromatic rings. The molecule has 1 fully saturated rings. The van der Waals surface area contributed by atoms with E-state index < -0.39 is 0 Å². The second kappa shape index (κ2) is 4.67. The molecule has 2 N–H and O–H groups in total. The number of nitrogens with one attached hydrogen (secondary N) is 2. The molecular formula is C13H16N4. The van der Waals surface area contributed by atoms with Gasteiger partial charge in [-0.1, -0.05) is 0 Å². The summed E-state index contributed by atoms with van der Waals surface area (Å²) < 4.78 is 0. The summed E-state index contributed by atoms with van der Waals surface area (Å²) in [6, 6.07) is 3.99. The summed E-state index contributed by atoms with van der Waals surface area (Å²) in [4.78, 5) is 12.0. The Labute approximate surface area is 101 Å². The first kappa shape index (κ1) is 10.5. The van der Waals surface area contributed by atoms with Crippen LogP contribution in [0.2, 0.25) is 0 Å². The summed E-state index contributed by atoms with van der Waals surface area (Å²) in [5.74, 6) is 1.62. The van der Waals surface area contributed by atoms with E-state index in [1.807, 2.05) is 24.5 Å². The molecule has 0 bridgehead atoms. The van der Waals surface area contributed by atoms with Crippen LogP contribution >= 0.6 is 0 Å². The molecule has 0 aliphatic carbocycles. The van der Waals surface area contributed by atoms with Crippen LogP contribution in [-0.2, 0) is 0 Å². The molecule has 1 aliphatic rings. The summed E-state index contributed by atoms with van der Waals surface area (Å²) in [6.45, 7) is 2.16. The van der Waals surface area contributed by atoms with Gasteiger partial charge in [0.15, 0.2) is 0 Å². The lowest BCUT2D eigenvalue weighted by atomic mass is 9.99. The van der Waals surface area contributed by atoms with Gasteiger partial charge in [-0.2, -0.15) is 0 Å². The van der Waals surface area contributed by atoms with Gasteiger partial charge < -0.3 is 10.3 Å². The van der Waals surface area contributed by atoms with Crippen molar-refractivity contribution in [3.63, 3.8) is 0 Å². The van der Waals surface area contributed by atoms with Crippen LogP contribution in [0.25, 0.3) is 11.3 Å². The van der Waals surface area contributed by atoms with Crippen LogP contribution in [0.1, 0.15) is 24.6 Å². The van der Waals surface area contributed by atoms with Crippen LogP contribution in [0.15, 0.2) is 30.7 Å². The van der Waals surface area contributed by atoms with Gasteiger partial charge in [-0.25, -0.2) is 4.98 Å². The van der Waals surface area contributed by atoms with Gasteiger partial charge in [-0.05, 0) is 31.5 Å². The third-order valence-electron chi connectivity index (χ3n) is 3.25. The van der Waals surface area contributed by atoms with Crippen molar-refractivity contribution in [3.05, 3.63) is 36.5 Å². The number of aromatic nitrogens is 3. The SMILES string of the molecule is c1cncc(-c2cnc(C3CCCNC3)[nH]2)c1. The number of piperidine rings is 1. The fourth-order valence-corrected chi connectivity index (χ4v) is 2.30. The Bertz CT molecular complexity index is 471. The van der Waals surface area contributed by atoms with Gasteiger partial charge in [0.05, 0.1) is 11.9 Å². The van der Waals surface area contributed by atoms with Crippen molar-refractivity contribution in [3.8, 4) is 11.3 Å². The van der Waals surface area contributed by atoms with Crippen LogP contribution in [0.3, 0.4) is 0 Å². The minimum absolute atomic E-state index is 0.522. The minimum atomic E-state index is 0.522. The number of rotatable bonds is 2. The van der Waals surface area contributed by atoms with E-state index in [1.165, 1.54) is 12.8 Å². The van der Waals surface area contributed by atoms with E-state index >= 15 is 0 Å². The number of nitrogens with zero attached hydrogens (tertiary/aromatic N) is 2. The zero-order valence-corrected chi connectivity index (χ0v) is 9.69. The number of hydrogen-bond donors (Lipinski definition) is 2. The van der Waals surface area contributed by atoms with E-state index in [-0.39, 0.29) is 0 Å². The first-order valence-corrected chi connectivity index (χ1v) is 6.09. The quantitative estimate of drug-likeness (QED) is 0.826. The Morgan fingerprint density at radius 1 is 1.29 bits per heavy atom. The molecule has 88 valence electrons. The third kappa shape index (κ3) is 2.22. The molecule has 0 spiro atoms. The van der Waals surface area contributed by atoms with Gasteiger partial charge in [-0.3, -0.25) is 4.98 Å². The van der Waals surface area contributed by atoms with E-state index in [0.717, 1.165) is 30.2 Å². The molecule has 17 heavy (non-hydrogen) atoms. The molecule has 4 nitrogen and oxygen atoms in total. The predicted octanol–water partition coefficient (Wildman–Crippen LogP) is 1.94. The number of H-pyrrole nitrogens is 1. The van der Waals surface area contributed by atoms with Gasteiger partial charge in [0.25, 0.3) is 0 Å². The molecule has 4 heteroatoms. The predicted molar refractivity (Wildman–Crippen MR) is 66.7 cm³/mol. The van der Waals surface area contributed by atoms with Crippen LogP contribution in [-0.4, -0.2) is 28.0 Å².